The van der Waals surface area contributed by atoms with Crippen molar-refractivity contribution in [2.75, 3.05) is 13.2 Å². The Kier molecular flexibility index (Phi) is 6.57. The molecule has 0 saturated heterocycles. The van der Waals surface area contributed by atoms with Crippen LogP contribution in [0.2, 0.25) is 0 Å². The fraction of sp³-hybridized carbons (Fsp3) is 0.118. The SMILES string of the molecule is C=Cc1ccc(S(=O)(=O)OCCOc2ccc(C(=O)[O-])cc2I)cc1. The molecular formula is C17H14IO6S-. The van der Waals surface area contributed by atoms with E-state index in [4.69, 9.17) is 8.92 Å². The molecule has 0 heterocycles. The maximum Gasteiger partial charge on any atom is 0.297 e. The Bertz CT molecular complexity index is 875. The maximum atomic E-state index is 12.1. The van der Waals surface area contributed by atoms with Gasteiger partial charge in [-0.05, 0) is 64.0 Å². The molecule has 25 heavy (non-hydrogen) atoms. The predicted molar refractivity (Wildman–Crippen MR) is 98.7 cm³/mol. The Morgan fingerprint density at radius 2 is 1.84 bits per heavy atom. The molecule has 0 aliphatic carbocycles. The third-order valence-corrected chi connectivity index (χ3v) is 5.32. The lowest BCUT2D eigenvalue weighted by atomic mass is 10.2. The molecule has 0 radical (unpaired) electrons. The number of benzene rings is 2. The number of carbonyl (C=O) groups is 1. The van der Waals surface area contributed by atoms with Crippen molar-refractivity contribution in [2.45, 2.75) is 4.90 Å². The zero-order valence-electron chi connectivity index (χ0n) is 13.0. The quantitative estimate of drug-likeness (QED) is 0.331. The summed E-state index contributed by atoms with van der Waals surface area (Å²) in [6, 6.07) is 10.4. The van der Waals surface area contributed by atoms with Crippen LogP contribution < -0.4 is 9.84 Å². The molecule has 0 amide bonds. The molecule has 6 nitrogen and oxygen atoms in total. The van der Waals surface area contributed by atoms with Crippen LogP contribution in [0.5, 0.6) is 5.75 Å². The monoisotopic (exact) mass is 473 g/mol. The Balaban J connectivity index is 1.91. The number of carboxylic acids is 1. The fourth-order valence-corrected chi connectivity index (χ4v) is 3.44. The van der Waals surface area contributed by atoms with E-state index in [0.29, 0.717) is 9.32 Å². The van der Waals surface area contributed by atoms with E-state index in [1.165, 1.54) is 30.3 Å². The van der Waals surface area contributed by atoms with Crippen molar-refractivity contribution >= 4 is 44.8 Å². The molecule has 0 unspecified atom stereocenters. The van der Waals surface area contributed by atoms with Gasteiger partial charge in [0, 0.05) is 0 Å². The van der Waals surface area contributed by atoms with Crippen molar-refractivity contribution in [3.8, 4) is 5.75 Å². The average Bonchev–Trinajstić information content (AvgIpc) is 2.59. The van der Waals surface area contributed by atoms with Crippen molar-refractivity contribution in [1.29, 1.82) is 0 Å². The van der Waals surface area contributed by atoms with Crippen LogP contribution in [0.25, 0.3) is 6.08 Å². The van der Waals surface area contributed by atoms with Gasteiger partial charge < -0.3 is 14.6 Å². The van der Waals surface area contributed by atoms with Crippen LogP contribution in [0, 0.1) is 3.57 Å². The first-order chi connectivity index (χ1) is 11.8. The standard InChI is InChI=1S/C17H15IO6S/c1-2-12-3-6-14(7-4-12)25(21,22)24-10-9-23-16-8-5-13(17(19)20)11-15(16)18/h2-8,11H,1,9-10H2,(H,19,20)/p-1. The van der Waals surface area contributed by atoms with E-state index in [0.717, 1.165) is 5.56 Å². The first-order valence-electron chi connectivity index (χ1n) is 7.09. The van der Waals surface area contributed by atoms with Gasteiger partial charge in [0.05, 0.1) is 14.4 Å². The summed E-state index contributed by atoms with van der Waals surface area (Å²) in [6.07, 6.45) is 1.61. The van der Waals surface area contributed by atoms with Gasteiger partial charge in [-0.2, -0.15) is 8.42 Å². The highest BCUT2D eigenvalue weighted by Gasteiger charge is 2.15. The van der Waals surface area contributed by atoms with Gasteiger partial charge in [-0.3, -0.25) is 4.18 Å². The zero-order valence-corrected chi connectivity index (χ0v) is 15.9. The highest BCUT2D eigenvalue weighted by Crippen LogP contribution is 2.22. The number of hydrogen-bond donors (Lipinski definition) is 0. The van der Waals surface area contributed by atoms with Crippen LogP contribution in [0.15, 0.2) is 53.9 Å². The number of carbonyl (C=O) groups excluding carboxylic acids is 1. The third-order valence-electron chi connectivity index (χ3n) is 3.15. The minimum absolute atomic E-state index is 0.00928. The second kappa shape index (κ2) is 8.45. The van der Waals surface area contributed by atoms with Gasteiger partial charge in [-0.1, -0.05) is 24.8 Å². The normalized spacial score (nSPS) is 11.1. The summed E-state index contributed by atoms with van der Waals surface area (Å²) >= 11 is 1.92. The fourth-order valence-electron chi connectivity index (χ4n) is 1.88. The van der Waals surface area contributed by atoms with Crippen LogP contribution in [0.1, 0.15) is 15.9 Å². The molecule has 8 heteroatoms. The number of rotatable bonds is 8. The highest BCUT2D eigenvalue weighted by molar-refractivity contribution is 14.1. The largest absolute Gasteiger partial charge is 0.545 e. The molecule has 132 valence electrons. The lowest BCUT2D eigenvalue weighted by Gasteiger charge is -2.11. The number of aromatic carboxylic acids is 1. The molecule has 0 N–H and O–H groups in total. The second-order valence-electron chi connectivity index (χ2n) is 4.83. The molecular weight excluding hydrogens is 459 g/mol. The van der Waals surface area contributed by atoms with Crippen molar-refractivity contribution in [3.05, 3.63) is 63.7 Å². The zero-order chi connectivity index (χ0) is 18.4. The Labute approximate surface area is 159 Å². The summed E-state index contributed by atoms with van der Waals surface area (Å²) in [7, 11) is -3.87. The molecule has 0 atom stereocenters. The summed E-state index contributed by atoms with van der Waals surface area (Å²) in [6.45, 7) is 3.41. The topological polar surface area (TPSA) is 92.7 Å². The van der Waals surface area contributed by atoms with E-state index < -0.39 is 16.1 Å². The van der Waals surface area contributed by atoms with Gasteiger partial charge in [-0.25, -0.2) is 0 Å². The summed E-state index contributed by atoms with van der Waals surface area (Å²) in [5.41, 5.74) is 0.843. The minimum Gasteiger partial charge on any atom is -0.545 e. The van der Waals surface area contributed by atoms with E-state index in [1.54, 1.807) is 18.2 Å². The first-order valence-corrected chi connectivity index (χ1v) is 9.58. The van der Waals surface area contributed by atoms with Gasteiger partial charge in [0.15, 0.2) is 0 Å². The van der Waals surface area contributed by atoms with Gasteiger partial charge in [0.1, 0.15) is 19.0 Å². The highest BCUT2D eigenvalue weighted by atomic mass is 127. The van der Waals surface area contributed by atoms with Crippen molar-refractivity contribution in [1.82, 2.24) is 0 Å². The predicted octanol–water partition coefficient (Wildman–Crippen LogP) is 2.08. The molecule has 2 aromatic carbocycles. The number of ether oxygens (including phenoxy) is 1. The molecule has 0 aliphatic heterocycles. The third kappa shape index (κ3) is 5.28. The van der Waals surface area contributed by atoms with Crippen molar-refractivity contribution in [2.24, 2.45) is 0 Å². The van der Waals surface area contributed by atoms with Gasteiger partial charge >= 0.3 is 0 Å². The minimum atomic E-state index is -3.87. The smallest absolute Gasteiger partial charge is 0.297 e. The van der Waals surface area contributed by atoms with E-state index in [1.807, 2.05) is 22.6 Å². The van der Waals surface area contributed by atoms with Crippen molar-refractivity contribution < 1.29 is 27.2 Å². The molecule has 0 aromatic heterocycles. The Morgan fingerprint density at radius 3 is 2.40 bits per heavy atom. The molecule has 0 fully saturated rings. The molecule has 2 aromatic rings. The van der Waals surface area contributed by atoms with E-state index in [-0.39, 0.29) is 23.7 Å². The molecule has 0 saturated carbocycles. The average molecular weight is 473 g/mol. The number of hydrogen-bond acceptors (Lipinski definition) is 6. The van der Waals surface area contributed by atoms with Crippen LogP contribution in [-0.4, -0.2) is 27.6 Å². The molecule has 2 rings (SSSR count). The van der Waals surface area contributed by atoms with Gasteiger partial charge in [-0.15, -0.1) is 0 Å². The summed E-state index contributed by atoms with van der Waals surface area (Å²) in [5.74, 6) is -0.844. The van der Waals surface area contributed by atoms with Gasteiger partial charge in [0.25, 0.3) is 10.1 Å². The van der Waals surface area contributed by atoms with E-state index in [2.05, 4.69) is 6.58 Å². The van der Waals surface area contributed by atoms with E-state index >= 15 is 0 Å². The van der Waals surface area contributed by atoms with Gasteiger partial charge in [0.2, 0.25) is 0 Å². The van der Waals surface area contributed by atoms with Crippen molar-refractivity contribution in [3.63, 3.8) is 0 Å². The maximum absolute atomic E-state index is 12.1. The second-order valence-corrected chi connectivity index (χ2v) is 7.61. The van der Waals surface area contributed by atoms with Crippen LogP contribution >= 0.6 is 22.6 Å². The summed E-state index contributed by atoms with van der Waals surface area (Å²) in [5, 5.41) is 10.8. The number of carboxylic acid groups (broad SMARTS) is 1. The molecule has 0 aliphatic rings. The summed E-state index contributed by atoms with van der Waals surface area (Å²) in [4.78, 5) is 10.8. The Morgan fingerprint density at radius 1 is 1.16 bits per heavy atom. The van der Waals surface area contributed by atoms with Crippen LogP contribution in [-0.2, 0) is 14.3 Å². The van der Waals surface area contributed by atoms with E-state index in [9.17, 15) is 18.3 Å². The lowest BCUT2D eigenvalue weighted by Crippen LogP contribution is -2.22. The molecule has 0 bridgehead atoms. The van der Waals surface area contributed by atoms with Crippen LogP contribution in [0.4, 0.5) is 0 Å². The molecule has 0 spiro atoms. The summed E-state index contributed by atoms with van der Waals surface area (Å²) < 4.78 is 35.0. The first kappa shape index (κ1) is 19.4. The number of halogens is 1. The van der Waals surface area contributed by atoms with Crippen LogP contribution in [0.3, 0.4) is 0 Å². The Hall–Kier alpha value is -1.91. The lowest BCUT2D eigenvalue weighted by molar-refractivity contribution is -0.255.